The van der Waals surface area contributed by atoms with Gasteiger partial charge in [0.25, 0.3) is 5.56 Å². The number of nitrogens with zero attached hydrogens (tertiary/aromatic N) is 2. The van der Waals surface area contributed by atoms with Gasteiger partial charge in [-0.25, -0.2) is 4.79 Å². The molecule has 116 valence electrons. The van der Waals surface area contributed by atoms with Crippen molar-refractivity contribution in [2.24, 2.45) is 0 Å². The van der Waals surface area contributed by atoms with E-state index in [1.165, 1.54) is 6.20 Å². The summed E-state index contributed by atoms with van der Waals surface area (Å²) in [7, 11) is 0. The largest absolute Gasteiger partial charge is 0.480 e. The molecule has 0 amide bonds. The summed E-state index contributed by atoms with van der Waals surface area (Å²) in [6.45, 7) is 3.20. The van der Waals surface area contributed by atoms with Crippen LogP contribution in [0.2, 0.25) is 0 Å². The third-order valence-corrected chi connectivity index (χ3v) is 3.50. The summed E-state index contributed by atoms with van der Waals surface area (Å²) in [6.07, 6.45) is 0.726. The zero-order valence-electron chi connectivity index (χ0n) is 11.5. The molecule has 1 unspecified atom stereocenters. The minimum absolute atomic E-state index is 0.000154. The standard InChI is InChI=1S/C12H15BrN2O6/c1-12(2)20-6-7(21-12)3-15-10(18)8(13)4-14(11(15)19)5-9(16)17/h4,7H,3,5-6H2,1-2H3,(H,16,17). The normalized spacial score (nSPS) is 20.6. The van der Waals surface area contributed by atoms with Gasteiger partial charge in [-0.3, -0.25) is 18.7 Å². The summed E-state index contributed by atoms with van der Waals surface area (Å²) >= 11 is 3.03. The molecule has 1 aliphatic rings. The number of aromatic nitrogens is 2. The van der Waals surface area contributed by atoms with Crippen LogP contribution in [0.25, 0.3) is 0 Å². The van der Waals surface area contributed by atoms with Crippen molar-refractivity contribution in [1.29, 1.82) is 0 Å². The number of aliphatic carboxylic acids is 1. The lowest BCUT2D eigenvalue weighted by molar-refractivity contribution is -0.139. The van der Waals surface area contributed by atoms with Crippen molar-refractivity contribution in [1.82, 2.24) is 9.13 Å². The number of carboxylic acid groups (broad SMARTS) is 1. The second-order valence-corrected chi connectivity index (χ2v) is 6.00. The Bertz CT molecular complexity index is 677. The molecule has 0 aliphatic carbocycles. The molecule has 2 heterocycles. The Labute approximate surface area is 128 Å². The second kappa shape index (κ2) is 5.74. The molecular weight excluding hydrogens is 348 g/mol. The Morgan fingerprint density at radius 3 is 2.71 bits per heavy atom. The number of hydrogen-bond acceptors (Lipinski definition) is 5. The van der Waals surface area contributed by atoms with Crippen LogP contribution < -0.4 is 11.2 Å². The van der Waals surface area contributed by atoms with Gasteiger partial charge >= 0.3 is 11.7 Å². The van der Waals surface area contributed by atoms with Crippen molar-refractivity contribution in [3.05, 3.63) is 31.5 Å². The van der Waals surface area contributed by atoms with Gasteiger partial charge in [0.1, 0.15) is 12.6 Å². The number of hydrogen-bond donors (Lipinski definition) is 1. The molecule has 21 heavy (non-hydrogen) atoms. The molecule has 1 N–H and O–H groups in total. The van der Waals surface area contributed by atoms with E-state index in [1.807, 2.05) is 0 Å². The van der Waals surface area contributed by atoms with Gasteiger partial charge in [-0.2, -0.15) is 0 Å². The van der Waals surface area contributed by atoms with Crippen LogP contribution in [0.1, 0.15) is 13.8 Å². The maximum atomic E-state index is 12.2. The molecular formula is C12H15BrN2O6. The SMILES string of the molecule is CC1(C)OCC(Cn2c(=O)c(Br)cn(CC(=O)O)c2=O)O1. The molecule has 1 aromatic heterocycles. The quantitative estimate of drug-likeness (QED) is 0.809. The third kappa shape index (κ3) is 3.60. The topological polar surface area (TPSA) is 99.8 Å². The predicted octanol–water partition coefficient (Wildman–Crippen LogP) is 0.00860. The minimum Gasteiger partial charge on any atom is -0.480 e. The molecule has 0 bridgehead atoms. The number of halogens is 1. The molecule has 8 nitrogen and oxygen atoms in total. The molecule has 1 atom stereocenters. The van der Waals surface area contributed by atoms with Crippen LogP contribution in [-0.4, -0.2) is 38.7 Å². The molecule has 0 aromatic carbocycles. The molecule has 0 spiro atoms. The summed E-state index contributed by atoms with van der Waals surface area (Å²) < 4.78 is 13.0. The van der Waals surface area contributed by atoms with Gasteiger partial charge in [0.05, 0.1) is 17.6 Å². The molecule has 1 aromatic rings. The highest BCUT2D eigenvalue weighted by Crippen LogP contribution is 2.22. The smallest absolute Gasteiger partial charge is 0.331 e. The molecule has 1 aliphatic heterocycles. The Morgan fingerprint density at radius 1 is 1.52 bits per heavy atom. The highest BCUT2D eigenvalue weighted by molar-refractivity contribution is 9.10. The first-order valence-corrected chi connectivity index (χ1v) is 7.02. The van der Waals surface area contributed by atoms with E-state index in [2.05, 4.69) is 15.9 Å². The number of ether oxygens (including phenoxy) is 2. The Morgan fingerprint density at radius 2 is 2.19 bits per heavy atom. The third-order valence-electron chi connectivity index (χ3n) is 2.95. The lowest BCUT2D eigenvalue weighted by atomic mass is 10.3. The second-order valence-electron chi connectivity index (χ2n) is 5.15. The fourth-order valence-corrected chi connectivity index (χ4v) is 2.56. The van der Waals surface area contributed by atoms with Crippen LogP contribution in [0.3, 0.4) is 0 Å². The van der Waals surface area contributed by atoms with E-state index >= 15 is 0 Å². The first-order chi connectivity index (χ1) is 9.69. The van der Waals surface area contributed by atoms with E-state index in [9.17, 15) is 14.4 Å². The minimum atomic E-state index is -1.17. The fourth-order valence-electron chi connectivity index (χ4n) is 2.09. The van der Waals surface area contributed by atoms with Crippen LogP contribution in [0.4, 0.5) is 0 Å². The van der Waals surface area contributed by atoms with Crippen molar-refractivity contribution >= 4 is 21.9 Å². The zero-order valence-corrected chi connectivity index (χ0v) is 13.1. The summed E-state index contributed by atoms with van der Waals surface area (Å²) in [5.41, 5.74) is -1.23. The van der Waals surface area contributed by atoms with Crippen LogP contribution >= 0.6 is 15.9 Å². The maximum absolute atomic E-state index is 12.2. The maximum Gasteiger partial charge on any atom is 0.331 e. The first-order valence-electron chi connectivity index (χ1n) is 6.23. The van der Waals surface area contributed by atoms with Crippen molar-refractivity contribution < 1.29 is 19.4 Å². The molecule has 1 fully saturated rings. The number of carboxylic acids is 1. The summed E-state index contributed by atoms with van der Waals surface area (Å²) in [6, 6.07) is 0. The summed E-state index contributed by atoms with van der Waals surface area (Å²) in [5, 5.41) is 8.79. The van der Waals surface area contributed by atoms with Crippen LogP contribution in [-0.2, 0) is 27.4 Å². The van der Waals surface area contributed by atoms with Crippen LogP contribution in [0, 0.1) is 0 Å². The van der Waals surface area contributed by atoms with E-state index in [-0.39, 0.29) is 17.6 Å². The van der Waals surface area contributed by atoms with E-state index in [0.717, 1.165) is 9.13 Å². The highest BCUT2D eigenvalue weighted by Gasteiger charge is 2.33. The van der Waals surface area contributed by atoms with Crippen molar-refractivity contribution in [3.8, 4) is 0 Å². The van der Waals surface area contributed by atoms with E-state index in [1.54, 1.807) is 13.8 Å². The van der Waals surface area contributed by atoms with Gasteiger partial charge in [-0.15, -0.1) is 0 Å². The van der Waals surface area contributed by atoms with Gasteiger partial charge in [0.15, 0.2) is 5.79 Å². The van der Waals surface area contributed by atoms with Gasteiger partial charge in [-0.1, -0.05) is 0 Å². The van der Waals surface area contributed by atoms with Crippen molar-refractivity contribution in [2.45, 2.75) is 38.8 Å². The van der Waals surface area contributed by atoms with Crippen LogP contribution in [0.5, 0.6) is 0 Å². The lowest BCUT2D eigenvalue weighted by Crippen LogP contribution is -2.43. The van der Waals surface area contributed by atoms with Crippen molar-refractivity contribution in [2.75, 3.05) is 6.61 Å². The Kier molecular flexibility index (Phi) is 4.35. The Balaban J connectivity index is 2.35. The molecule has 0 saturated carbocycles. The fraction of sp³-hybridized carbons (Fsp3) is 0.583. The Hall–Kier alpha value is -1.45. The molecule has 0 radical (unpaired) electrons. The average molecular weight is 363 g/mol. The molecule has 9 heteroatoms. The monoisotopic (exact) mass is 362 g/mol. The lowest BCUT2D eigenvalue weighted by Gasteiger charge is -2.17. The van der Waals surface area contributed by atoms with E-state index in [4.69, 9.17) is 14.6 Å². The number of carbonyl (C=O) groups is 1. The zero-order chi connectivity index (χ0) is 15.8. The molecule has 1 saturated heterocycles. The summed E-state index contributed by atoms with van der Waals surface area (Å²) in [5.74, 6) is -1.93. The van der Waals surface area contributed by atoms with E-state index < -0.39 is 35.7 Å². The van der Waals surface area contributed by atoms with E-state index in [0.29, 0.717) is 0 Å². The van der Waals surface area contributed by atoms with Gasteiger partial charge in [-0.05, 0) is 29.8 Å². The first kappa shape index (κ1) is 15.9. The molecule has 2 rings (SSSR count). The highest BCUT2D eigenvalue weighted by atomic mass is 79.9. The average Bonchev–Trinajstić information content (AvgIpc) is 2.70. The summed E-state index contributed by atoms with van der Waals surface area (Å²) in [4.78, 5) is 35.0. The predicted molar refractivity (Wildman–Crippen MR) is 75.2 cm³/mol. The van der Waals surface area contributed by atoms with Crippen molar-refractivity contribution in [3.63, 3.8) is 0 Å². The number of rotatable bonds is 4. The van der Waals surface area contributed by atoms with Crippen LogP contribution in [0.15, 0.2) is 20.3 Å². The van der Waals surface area contributed by atoms with Gasteiger partial charge in [0, 0.05) is 6.20 Å². The van der Waals surface area contributed by atoms with Gasteiger partial charge in [0.2, 0.25) is 0 Å². The van der Waals surface area contributed by atoms with Gasteiger partial charge < -0.3 is 14.6 Å².